The highest BCUT2D eigenvalue weighted by atomic mass is 19.4. The molecule has 1 rings (SSSR count). The fourth-order valence-corrected chi connectivity index (χ4v) is 0.695. The van der Waals surface area contributed by atoms with E-state index in [0.29, 0.717) is 5.75 Å². The maximum absolute atomic E-state index is 11.1. The Labute approximate surface area is 86.3 Å². The Morgan fingerprint density at radius 1 is 1.13 bits per heavy atom. The monoisotopic (exact) mass is 222 g/mol. The zero-order valence-corrected chi connectivity index (χ0v) is 8.45. The van der Waals surface area contributed by atoms with Gasteiger partial charge in [0.1, 0.15) is 5.75 Å². The van der Waals surface area contributed by atoms with Crippen LogP contribution in [0.4, 0.5) is 13.2 Å². The molecule has 1 aromatic rings. The van der Waals surface area contributed by atoms with Crippen molar-refractivity contribution < 1.29 is 23.0 Å². The van der Waals surface area contributed by atoms with Crippen molar-refractivity contribution >= 4 is 0 Å². The van der Waals surface area contributed by atoms with Gasteiger partial charge in [-0.3, -0.25) is 4.74 Å². The van der Waals surface area contributed by atoms with Gasteiger partial charge in [0.25, 0.3) is 0 Å². The van der Waals surface area contributed by atoms with Gasteiger partial charge in [0.2, 0.25) is 0 Å². The largest absolute Gasteiger partial charge is 0.522 e. The summed E-state index contributed by atoms with van der Waals surface area (Å²) in [5.41, 5.74) is 0. The van der Waals surface area contributed by atoms with E-state index in [4.69, 9.17) is 5.11 Å². The molecule has 0 spiro atoms. The minimum absolute atomic E-state index is 0.322. The molecule has 0 fully saturated rings. The summed E-state index contributed by atoms with van der Waals surface area (Å²) in [5, 5.41) is 8.63. The molecule has 0 bridgehead atoms. The second kappa shape index (κ2) is 6.29. The van der Waals surface area contributed by atoms with E-state index in [0.717, 1.165) is 0 Å². The van der Waals surface area contributed by atoms with Crippen LogP contribution in [-0.2, 0) is 4.74 Å². The molecule has 0 saturated carbocycles. The fraction of sp³-hybridized carbons (Fsp3) is 0.400. The Bertz CT molecular complexity index is 257. The van der Waals surface area contributed by atoms with Crippen LogP contribution in [-0.4, -0.2) is 17.6 Å². The van der Waals surface area contributed by atoms with E-state index in [-0.39, 0.29) is 0 Å². The van der Waals surface area contributed by atoms with Crippen molar-refractivity contribution in [3.63, 3.8) is 0 Å². The third kappa shape index (κ3) is 10.7. The molecule has 0 aromatic heterocycles. The minimum atomic E-state index is -4.48. The summed E-state index contributed by atoms with van der Waals surface area (Å²) in [4.78, 5) is 0. The van der Waals surface area contributed by atoms with Crippen LogP contribution in [0.1, 0.15) is 13.8 Å². The second-order valence-electron chi connectivity index (χ2n) is 2.95. The molecule has 0 heterocycles. The van der Waals surface area contributed by atoms with Crippen LogP contribution in [0.5, 0.6) is 5.75 Å². The maximum atomic E-state index is 11.1. The van der Waals surface area contributed by atoms with Crippen LogP contribution in [0, 0.1) is 0 Å². The van der Waals surface area contributed by atoms with Crippen molar-refractivity contribution in [3.8, 4) is 5.75 Å². The van der Waals surface area contributed by atoms with Gasteiger partial charge in [-0.1, -0.05) is 18.2 Å². The first kappa shape index (κ1) is 13.8. The van der Waals surface area contributed by atoms with Crippen LogP contribution in [0.2, 0.25) is 0 Å². The highest BCUT2D eigenvalue weighted by Gasteiger charge is 2.30. The van der Waals surface area contributed by atoms with Crippen LogP contribution in [0.15, 0.2) is 30.3 Å². The molecule has 0 radical (unpaired) electrons. The molecule has 5 heteroatoms. The normalized spacial score (nSPS) is 10.8. The summed E-state index contributed by atoms with van der Waals surface area (Å²) >= 11 is 0. The van der Waals surface area contributed by atoms with Crippen LogP contribution >= 0.6 is 0 Å². The predicted octanol–water partition coefficient (Wildman–Crippen LogP) is 3.32. The first-order valence-electron chi connectivity index (χ1n) is 4.30. The van der Waals surface area contributed by atoms with Gasteiger partial charge in [-0.15, -0.1) is 13.2 Å². The van der Waals surface area contributed by atoms with Crippen molar-refractivity contribution in [2.45, 2.75) is 26.3 Å². The van der Waals surface area contributed by atoms with Gasteiger partial charge in [-0.25, -0.2) is 0 Å². The van der Waals surface area contributed by atoms with Gasteiger partial charge >= 0.3 is 6.36 Å². The van der Waals surface area contributed by atoms with Crippen LogP contribution in [0.3, 0.4) is 0 Å². The van der Waals surface area contributed by atoms with Crippen molar-refractivity contribution in [3.05, 3.63) is 30.3 Å². The van der Waals surface area contributed by atoms with Crippen LogP contribution < -0.4 is 0 Å². The molecular formula is C10H13F3O2. The lowest BCUT2D eigenvalue weighted by molar-refractivity contribution is -0.337. The van der Waals surface area contributed by atoms with Gasteiger partial charge in [0, 0.05) is 0 Å². The second-order valence-corrected chi connectivity index (χ2v) is 2.95. The van der Waals surface area contributed by atoms with Crippen molar-refractivity contribution in [2.24, 2.45) is 0 Å². The molecule has 0 atom stereocenters. The lowest BCUT2D eigenvalue weighted by Gasteiger charge is -2.08. The zero-order chi connectivity index (χ0) is 11.9. The van der Waals surface area contributed by atoms with E-state index in [1.165, 1.54) is 13.8 Å². The lowest BCUT2D eigenvalue weighted by atomic mass is 10.3. The average Bonchev–Trinajstić information content (AvgIpc) is 2.01. The number of ether oxygens (including phenoxy) is 1. The van der Waals surface area contributed by atoms with E-state index in [1.807, 2.05) is 6.07 Å². The standard InChI is InChI=1S/C6H6O.C4H7F3O/c7-6-4-2-1-3-5-6;1-3(2)8-4(5,6)7/h1-5,7H;3H,1-2H3. The molecule has 1 aromatic carbocycles. The molecule has 0 saturated heterocycles. The molecule has 0 aliphatic carbocycles. The first-order valence-corrected chi connectivity index (χ1v) is 4.30. The summed E-state index contributed by atoms with van der Waals surface area (Å²) < 4.78 is 36.7. The SMILES string of the molecule is CC(C)OC(F)(F)F.Oc1ccccc1. The molecule has 0 amide bonds. The number of halogens is 3. The molecule has 15 heavy (non-hydrogen) atoms. The van der Waals surface area contributed by atoms with Crippen LogP contribution in [0.25, 0.3) is 0 Å². The van der Waals surface area contributed by atoms with Gasteiger partial charge in [-0.2, -0.15) is 0 Å². The third-order valence-electron chi connectivity index (χ3n) is 1.13. The number of aromatic hydroxyl groups is 1. The number of phenols is 1. The van der Waals surface area contributed by atoms with E-state index < -0.39 is 12.5 Å². The summed E-state index contributed by atoms with van der Waals surface area (Å²) in [5.74, 6) is 0.322. The third-order valence-corrected chi connectivity index (χ3v) is 1.13. The number of rotatable bonds is 1. The number of alkyl halides is 3. The number of hydrogen-bond acceptors (Lipinski definition) is 2. The van der Waals surface area contributed by atoms with Gasteiger partial charge in [0.05, 0.1) is 6.10 Å². The van der Waals surface area contributed by atoms with E-state index in [2.05, 4.69) is 4.74 Å². The van der Waals surface area contributed by atoms with E-state index in [1.54, 1.807) is 24.3 Å². The summed E-state index contributed by atoms with van der Waals surface area (Å²) in [6.45, 7) is 2.65. The minimum Gasteiger partial charge on any atom is -0.508 e. The molecule has 0 aliphatic rings. The Balaban J connectivity index is 0.000000262. The quantitative estimate of drug-likeness (QED) is 0.789. The Morgan fingerprint density at radius 3 is 1.73 bits per heavy atom. The predicted molar refractivity (Wildman–Crippen MR) is 50.4 cm³/mol. The topological polar surface area (TPSA) is 29.5 Å². The number of phenolic OH excluding ortho intramolecular Hbond substituents is 1. The molecule has 1 N–H and O–H groups in total. The highest BCUT2D eigenvalue weighted by Crippen LogP contribution is 2.17. The first-order chi connectivity index (χ1) is 6.81. The smallest absolute Gasteiger partial charge is 0.508 e. The highest BCUT2D eigenvalue weighted by molar-refractivity contribution is 5.18. The van der Waals surface area contributed by atoms with Gasteiger partial charge in [-0.05, 0) is 26.0 Å². The maximum Gasteiger partial charge on any atom is 0.522 e. The fourth-order valence-electron chi connectivity index (χ4n) is 0.695. The zero-order valence-electron chi connectivity index (χ0n) is 8.45. The average molecular weight is 222 g/mol. The van der Waals surface area contributed by atoms with Gasteiger partial charge < -0.3 is 5.11 Å². The Kier molecular flexibility index (Phi) is 5.77. The summed E-state index contributed by atoms with van der Waals surface area (Å²) in [7, 11) is 0. The summed E-state index contributed by atoms with van der Waals surface area (Å²) in [6.07, 6.45) is -5.26. The number of para-hydroxylation sites is 1. The molecule has 86 valence electrons. The molecule has 0 unspecified atom stereocenters. The van der Waals surface area contributed by atoms with Crippen molar-refractivity contribution in [1.82, 2.24) is 0 Å². The number of benzene rings is 1. The molecular weight excluding hydrogens is 209 g/mol. The Hall–Kier alpha value is -1.23. The molecule has 2 nitrogen and oxygen atoms in total. The number of hydrogen-bond donors (Lipinski definition) is 1. The summed E-state index contributed by atoms with van der Waals surface area (Å²) in [6, 6.07) is 8.71. The lowest BCUT2D eigenvalue weighted by Crippen LogP contribution is -2.18. The Morgan fingerprint density at radius 2 is 1.60 bits per heavy atom. The van der Waals surface area contributed by atoms with Crippen molar-refractivity contribution in [1.29, 1.82) is 0 Å². The van der Waals surface area contributed by atoms with E-state index in [9.17, 15) is 13.2 Å². The van der Waals surface area contributed by atoms with Crippen molar-refractivity contribution in [2.75, 3.05) is 0 Å². The van der Waals surface area contributed by atoms with Gasteiger partial charge in [0.15, 0.2) is 0 Å². The van der Waals surface area contributed by atoms with E-state index >= 15 is 0 Å². The molecule has 0 aliphatic heterocycles.